The third-order valence-corrected chi connectivity index (χ3v) is 4.44. The second-order valence-corrected chi connectivity index (χ2v) is 6.31. The Labute approximate surface area is 111 Å². The molecular formula is C12H17ClN2OS. The van der Waals surface area contributed by atoms with Crippen molar-refractivity contribution in [2.45, 2.75) is 32.1 Å². The van der Waals surface area contributed by atoms with Crippen molar-refractivity contribution in [2.75, 3.05) is 13.1 Å². The molecule has 1 aliphatic heterocycles. The molecular weight excluding hydrogens is 256 g/mol. The van der Waals surface area contributed by atoms with Gasteiger partial charge in [0.25, 0.3) is 5.91 Å². The van der Waals surface area contributed by atoms with Crippen molar-refractivity contribution in [1.29, 1.82) is 0 Å². The number of thiazole rings is 1. The minimum Gasteiger partial charge on any atom is -0.337 e. The maximum absolute atomic E-state index is 12.1. The van der Waals surface area contributed by atoms with Gasteiger partial charge < -0.3 is 4.90 Å². The Hall–Kier alpha value is -0.610. The quantitative estimate of drug-likeness (QED) is 0.776. The van der Waals surface area contributed by atoms with Gasteiger partial charge in [0, 0.05) is 23.8 Å². The Kier molecular flexibility index (Phi) is 4.05. The molecule has 1 aromatic heterocycles. The number of halogens is 1. The van der Waals surface area contributed by atoms with Crippen molar-refractivity contribution in [1.82, 2.24) is 9.88 Å². The molecule has 5 heteroatoms. The highest BCUT2D eigenvalue weighted by Gasteiger charge is 2.26. The molecule has 0 aromatic carbocycles. The Bertz CT molecular complexity index is 397. The van der Waals surface area contributed by atoms with Gasteiger partial charge in [-0.1, -0.05) is 0 Å². The predicted molar refractivity (Wildman–Crippen MR) is 70.8 cm³/mol. The number of amides is 1. The van der Waals surface area contributed by atoms with Crippen LogP contribution in [0.4, 0.5) is 0 Å². The number of aromatic nitrogens is 1. The summed E-state index contributed by atoms with van der Waals surface area (Å²) >= 11 is 7.61. The molecule has 0 radical (unpaired) electrons. The second-order valence-electron chi connectivity index (χ2n) is 4.56. The van der Waals surface area contributed by atoms with E-state index in [4.69, 9.17) is 11.6 Å². The van der Waals surface area contributed by atoms with Gasteiger partial charge in [-0.15, -0.1) is 22.9 Å². The lowest BCUT2D eigenvalue weighted by atomic mass is 9.94. The summed E-state index contributed by atoms with van der Waals surface area (Å²) in [5.74, 6) is 0.605. The van der Waals surface area contributed by atoms with E-state index in [1.165, 1.54) is 11.3 Å². The number of carbonyl (C=O) groups is 1. The highest BCUT2D eigenvalue weighted by Crippen LogP contribution is 2.24. The van der Waals surface area contributed by atoms with Gasteiger partial charge in [0.15, 0.2) is 0 Å². The van der Waals surface area contributed by atoms with E-state index in [1.807, 2.05) is 24.1 Å². The average molecular weight is 273 g/mol. The van der Waals surface area contributed by atoms with Crippen LogP contribution >= 0.6 is 22.9 Å². The van der Waals surface area contributed by atoms with Gasteiger partial charge in [0.1, 0.15) is 5.69 Å². The number of nitrogens with zero attached hydrogens (tertiary/aromatic N) is 2. The average Bonchev–Trinajstić information content (AvgIpc) is 2.75. The first kappa shape index (κ1) is 12.8. The summed E-state index contributed by atoms with van der Waals surface area (Å²) in [6, 6.07) is 0. The number of likely N-dealkylation sites (tertiary alicyclic amines) is 1. The van der Waals surface area contributed by atoms with Gasteiger partial charge in [0.2, 0.25) is 0 Å². The van der Waals surface area contributed by atoms with E-state index in [-0.39, 0.29) is 11.3 Å². The van der Waals surface area contributed by atoms with Crippen LogP contribution in [0.5, 0.6) is 0 Å². The highest BCUT2D eigenvalue weighted by molar-refractivity contribution is 7.09. The van der Waals surface area contributed by atoms with E-state index in [2.05, 4.69) is 4.98 Å². The van der Waals surface area contributed by atoms with Crippen molar-refractivity contribution in [3.05, 3.63) is 16.1 Å². The van der Waals surface area contributed by atoms with Crippen molar-refractivity contribution in [2.24, 2.45) is 5.92 Å². The van der Waals surface area contributed by atoms with E-state index in [0.717, 1.165) is 30.9 Å². The molecule has 0 spiro atoms. The van der Waals surface area contributed by atoms with Crippen LogP contribution in [0.1, 0.15) is 35.3 Å². The summed E-state index contributed by atoms with van der Waals surface area (Å²) < 4.78 is 0. The summed E-state index contributed by atoms with van der Waals surface area (Å²) in [5, 5.41) is 2.99. The van der Waals surface area contributed by atoms with Gasteiger partial charge in [0.05, 0.1) is 5.01 Å². The first-order valence-corrected chi connectivity index (χ1v) is 7.25. The van der Waals surface area contributed by atoms with Crippen LogP contribution < -0.4 is 0 Å². The van der Waals surface area contributed by atoms with Crippen LogP contribution in [0.15, 0.2) is 5.38 Å². The minimum atomic E-state index is 0.0648. The van der Waals surface area contributed by atoms with Gasteiger partial charge in [-0.2, -0.15) is 0 Å². The maximum Gasteiger partial charge on any atom is 0.273 e. The maximum atomic E-state index is 12.1. The number of carbonyl (C=O) groups excluding carboxylic acids is 1. The predicted octanol–water partition coefficient (Wildman–Crippen LogP) is 2.93. The van der Waals surface area contributed by atoms with Gasteiger partial charge in [-0.3, -0.25) is 4.79 Å². The molecule has 1 atom stereocenters. The molecule has 2 rings (SSSR count). The molecule has 1 aliphatic rings. The van der Waals surface area contributed by atoms with Crippen LogP contribution in [0.25, 0.3) is 0 Å². The van der Waals surface area contributed by atoms with E-state index in [1.54, 1.807) is 0 Å². The molecule has 1 amide bonds. The van der Waals surface area contributed by atoms with Crippen molar-refractivity contribution < 1.29 is 4.79 Å². The third kappa shape index (κ3) is 2.99. The number of alkyl halides is 1. The molecule has 94 valence electrons. The Morgan fingerprint density at radius 2 is 2.24 bits per heavy atom. The van der Waals surface area contributed by atoms with Gasteiger partial charge in [-0.25, -0.2) is 4.98 Å². The topological polar surface area (TPSA) is 33.2 Å². The fourth-order valence-electron chi connectivity index (χ4n) is 2.19. The van der Waals surface area contributed by atoms with Crippen molar-refractivity contribution in [3.8, 4) is 0 Å². The molecule has 1 saturated heterocycles. The minimum absolute atomic E-state index is 0.0648. The van der Waals surface area contributed by atoms with Gasteiger partial charge >= 0.3 is 0 Å². The van der Waals surface area contributed by atoms with Crippen LogP contribution in [0.2, 0.25) is 0 Å². The van der Waals surface area contributed by atoms with Crippen molar-refractivity contribution in [3.63, 3.8) is 0 Å². The highest BCUT2D eigenvalue weighted by atomic mass is 35.5. The molecule has 0 saturated carbocycles. The summed E-state index contributed by atoms with van der Waals surface area (Å²) in [5.41, 5.74) is 0.588. The normalized spacial score (nSPS) is 19.4. The first-order valence-electron chi connectivity index (χ1n) is 5.93. The lowest BCUT2D eigenvalue weighted by molar-refractivity contribution is 0.0685. The van der Waals surface area contributed by atoms with E-state index >= 15 is 0 Å². The lowest BCUT2D eigenvalue weighted by Gasteiger charge is -2.32. The number of hydrogen-bond acceptors (Lipinski definition) is 3. The number of aryl methyl sites for hydroxylation is 1. The molecule has 2 heterocycles. The molecule has 17 heavy (non-hydrogen) atoms. The zero-order valence-corrected chi connectivity index (χ0v) is 11.7. The summed E-state index contributed by atoms with van der Waals surface area (Å²) in [4.78, 5) is 18.3. The van der Waals surface area contributed by atoms with E-state index in [9.17, 15) is 4.79 Å². The Morgan fingerprint density at radius 3 is 2.71 bits per heavy atom. The van der Waals surface area contributed by atoms with E-state index in [0.29, 0.717) is 11.6 Å². The molecule has 1 aromatic rings. The molecule has 3 nitrogen and oxygen atoms in total. The van der Waals surface area contributed by atoms with Crippen molar-refractivity contribution >= 4 is 28.8 Å². The molecule has 0 aliphatic carbocycles. The zero-order chi connectivity index (χ0) is 12.4. The zero-order valence-electron chi connectivity index (χ0n) is 10.1. The number of hydrogen-bond donors (Lipinski definition) is 0. The molecule has 0 bridgehead atoms. The first-order chi connectivity index (χ1) is 8.08. The molecule has 0 N–H and O–H groups in total. The summed E-state index contributed by atoms with van der Waals surface area (Å²) in [7, 11) is 0. The monoisotopic (exact) mass is 272 g/mol. The molecule has 1 fully saturated rings. The lowest BCUT2D eigenvalue weighted by Crippen LogP contribution is -2.40. The smallest absolute Gasteiger partial charge is 0.273 e. The number of piperidine rings is 1. The number of rotatable bonds is 2. The van der Waals surface area contributed by atoms with Gasteiger partial charge in [-0.05, 0) is 32.6 Å². The largest absolute Gasteiger partial charge is 0.337 e. The van der Waals surface area contributed by atoms with Crippen LogP contribution in [0.3, 0.4) is 0 Å². The van der Waals surface area contributed by atoms with Crippen LogP contribution in [0, 0.1) is 12.8 Å². The fraction of sp³-hybridized carbons (Fsp3) is 0.667. The SMILES string of the molecule is Cc1nc(C(=O)N2CCC(C(C)Cl)CC2)cs1. The van der Waals surface area contributed by atoms with Crippen LogP contribution in [-0.4, -0.2) is 34.3 Å². The Morgan fingerprint density at radius 1 is 1.59 bits per heavy atom. The fourth-order valence-corrected chi connectivity index (χ4v) is 3.02. The summed E-state index contributed by atoms with van der Waals surface area (Å²) in [6.45, 7) is 5.56. The summed E-state index contributed by atoms with van der Waals surface area (Å²) in [6.07, 6.45) is 2.00. The second kappa shape index (κ2) is 5.36. The third-order valence-electron chi connectivity index (χ3n) is 3.31. The standard InChI is InChI=1S/C12H17ClN2OS/c1-8(13)10-3-5-15(6-4-10)12(16)11-7-17-9(2)14-11/h7-8,10H,3-6H2,1-2H3. The van der Waals surface area contributed by atoms with E-state index < -0.39 is 0 Å². The van der Waals surface area contributed by atoms with Crippen LogP contribution in [-0.2, 0) is 0 Å². The molecule has 1 unspecified atom stereocenters. The Balaban J connectivity index is 1.95.